The van der Waals surface area contributed by atoms with Crippen molar-refractivity contribution in [2.24, 2.45) is 11.1 Å². The van der Waals surface area contributed by atoms with Crippen LogP contribution < -0.4 is 10.6 Å². The van der Waals surface area contributed by atoms with Crippen molar-refractivity contribution in [1.29, 1.82) is 0 Å². The number of nitrogens with zero attached hydrogens (tertiary/aromatic N) is 1. The lowest BCUT2D eigenvalue weighted by molar-refractivity contribution is 0.226. The Morgan fingerprint density at radius 3 is 2.37 bits per heavy atom. The lowest BCUT2D eigenvalue weighted by atomic mass is 9.77. The van der Waals surface area contributed by atoms with E-state index >= 15 is 0 Å². The summed E-state index contributed by atoms with van der Waals surface area (Å²) in [5.41, 5.74) is 9.02. The molecular weight excluding hydrogens is 300 g/mol. The van der Waals surface area contributed by atoms with Crippen LogP contribution in [-0.2, 0) is 6.54 Å². The van der Waals surface area contributed by atoms with Crippen LogP contribution >= 0.6 is 15.9 Å². The van der Waals surface area contributed by atoms with E-state index in [1.807, 2.05) is 0 Å². The molecule has 2 aliphatic rings. The molecule has 19 heavy (non-hydrogen) atoms. The second-order valence-corrected chi connectivity index (χ2v) is 7.13. The zero-order valence-electron chi connectivity index (χ0n) is 11.5. The van der Waals surface area contributed by atoms with Crippen LogP contribution in [0.25, 0.3) is 0 Å². The van der Waals surface area contributed by atoms with E-state index in [0.29, 0.717) is 12.0 Å². The number of rotatable bonds is 2. The molecule has 0 bridgehead atoms. The minimum atomic E-state index is 0.615. The quantitative estimate of drug-likeness (QED) is 0.889. The molecule has 0 atom stereocenters. The molecule has 0 radical (unpaired) electrons. The fourth-order valence-electron chi connectivity index (χ4n) is 3.80. The summed E-state index contributed by atoms with van der Waals surface area (Å²) in [6, 6.07) is 6.59. The third-order valence-corrected chi connectivity index (χ3v) is 5.49. The molecule has 1 aromatic carbocycles. The fourth-order valence-corrected chi connectivity index (χ4v) is 4.33. The Morgan fingerprint density at radius 1 is 1.05 bits per heavy atom. The molecule has 1 aliphatic heterocycles. The predicted octanol–water partition coefficient (Wildman–Crippen LogP) is 4.07. The maximum absolute atomic E-state index is 5.77. The van der Waals surface area contributed by atoms with E-state index in [2.05, 4.69) is 39.0 Å². The van der Waals surface area contributed by atoms with Crippen LogP contribution in [0.3, 0.4) is 0 Å². The molecule has 104 valence electrons. The van der Waals surface area contributed by atoms with Gasteiger partial charge in [-0.1, -0.05) is 28.8 Å². The molecule has 0 aromatic heterocycles. The molecule has 3 rings (SSSR count). The summed E-state index contributed by atoms with van der Waals surface area (Å²) < 4.78 is 1.15. The van der Waals surface area contributed by atoms with Gasteiger partial charge in [0.25, 0.3) is 0 Å². The average Bonchev–Trinajstić information content (AvgIpc) is 2.87. The van der Waals surface area contributed by atoms with Crippen LogP contribution in [0.5, 0.6) is 0 Å². The molecule has 2 nitrogen and oxygen atoms in total. The van der Waals surface area contributed by atoms with Crippen molar-refractivity contribution in [2.75, 3.05) is 18.0 Å². The van der Waals surface area contributed by atoms with Crippen LogP contribution in [-0.4, -0.2) is 13.1 Å². The van der Waals surface area contributed by atoms with Gasteiger partial charge < -0.3 is 10.6 Å². The van der Waals surface area contributed by atoms with E-state index in [1.165, 1.54) is 62.9 Å². The lowest BCUT2D eigenvalue weighted by Crippen LogP contribution is -2.38. The standard InChI is InChI=1S/C16H23BrN2/c17-14-9-13(12-18)10-15(11-14)19-7-5-16(6-8-19)3-1-2-4-16/h9-11H,1-8,12,18H2. The zero-order chi connectivity index (χ0) is 13.3. The van der Waals surface area contributed by atoms with Gasteiger partial charge in [-0.15, -0.1) is 0 Å². The summed E-state index contributed by atoms with van der Waals surface area (Å²) in [4.78, 5) is 2.54. The highest BCUT2D eigenvalue weighted by atomic mass is 79.9. The highest BCUT2D eigenvalue weighted by Crippen LogP contribution is 2.46. The maximum Gasteiger partial charge on any atom is 0.0380 e. The Hall–Kier alpha value is -0.540. The van der Waals surface area contributed by atoms with Gasteiger partial charge in [0, 0.05) is 29.8 Å². The van der Waals surface area contributed by atoms with Crippen molar-refractivity contribution in [3.05, 3.63) is 28.2 Å². The SMILES string of the molecule is NCc1cc(Br)cc(N2CCC3(CCCC3)CC2)c1. The van der Waals surface area contributed by atoms with Crippen molar-refractivity contribution >= 4 is 21.6 Å². The summed E-state index contributed by atoms with van der Waals surface area (Å²) in [6.07, 6.45) is 8.58. The Bertz CT molecular complexity index is 442. The van der Waals surface area contributed by atoms with Gasteiger partial charge in [0.1, 0.15) is 0 Å². The lowest BCUT2D eigenvalue weighted by Gasteiger charge is -2.40. The van der Waals surface area contributed by atoms with E-state index in [9.17, 15) is 0 Å². The van der Waals surface area contributed by atoms with Gasteiger partial charge in [-0.25, -0.2) is 0 Å². The number of hydrogen-bond donors (Lipinski definition) is 1. The summed E-state index contributed by atoms with van der Waals surface area (Å²) in [5, 5.41) is 0. The molecule has 0 amide bonds. The normalized spacial score (nSPS) is 22.1. The molecular formula is C16H23BrN2. The molecule has 1 heterocycles. The van der Waals surface area contributed by atoms with Crippen LogP contribution in [0, 0.1) is 5.41 Å². The first kappa shape index (κ1) is 13.4. The van der Waals surface area contributed by atoms with Gasteiger partial charge in [0.2, 0.25) is 0 Å². The molecule has 1 aliphatic carbocycles. The zero-order valence-corrected chi connectivity index (χ0v) is 13.1. The van der Waals surface area contributed by atoms with Gasteiger partial charge >= 0.3 is 0 Å². The van der Waals surface area contributed by atoms with E-state index in [1.54, 1.807) is 0 Å². The van der Waals surface area contributed by atoms with Crippen LogP contribution in [0.2, 0.25) is 0 Å². The summed E-state index contributed by atoms with van der Waals surface area (Å²) >= 11 is 3.60. The number of nitrogens with two attached hydrogens (primary N) is 1. The highest BCUT2D eigenvalue weighted by molar-refractivity contribution is 9.10. The first-order valence-electron chi connectivity index (χ1n) is 7.45. The van der Waals surface area contributed by atoms with Crippen molar-refractivity contribution in [3.8, 4) is 0 Å². The minimum absolute atomic E-state index is 0.615. The highest BCUT2D eigenvalue weighted by Gasteiger charge is 2.36. The average molecular weight is 323 g/mol. The second-order valence-electron chi connectivity index (χ2n) is 6.22. The van der Waals surface area contributed by atoms with E-state index in [0.717, 1.165) is 4.47 Å². The topological polar surface area (TPSA) is 29.3 Å². The summed E-state index contributed by atoms with van der Waals surface area (Å²) in [6.45, 7) is 3.03. The first-order chi connectivity index (χ1) is 9.21. The Kier molecular flexibility index (Phi) is 3.86. The molecule has 1 spiro atoms. The van der Waals surface area contributed by atoms with Gasteiger partial charge in [0.05, 0.1) is 0 Å². The number of anilines is 1. The Labute approximate surface area is 124 Å². The molecule has 1 aromatic rings. The van der Waals surface area contributed by atoms with Gasteiger partial charge in [-0.05, 0) is 54.9 Å². The van der Waals surface area contributed by atoms with E-state index in [4.69, 9.17) is 5.73 Å². The predicted molar refractivity (Wildman–Crippen MR) is 84.4 cm³/mol. The second kappa shape index (κ2) is 5.45. The van der Waals surface area contributed by atoms with Crippen LogP contribution in [0.4, 0.5) is 5.69 Å². The van der Waals surface area contributed by atoms with Gasteiger partial charge in [-0.3, -0.25) is 0 Å². The third-order valence-electron chi connectivity index (χ3n) is 5.03. The van der Waals surface area contributed by atoms with Crippen molar-refractivity contribution in [1.82, 2.24) is 0 Å². The Balaban J connectivity index is 1.72. The fraction of sp³-hybridized carbons (Fsp3) is 0.625. The van der Waals surface area contributed by atoms with Crippen molar-refractivity contribution in [2.45, 2.75) is 45.1 Å². The molecule has 0 unspecified atom stereocenters. The number of benzene rings is 1. The number of halogens is 1. The molecule has 3 heteroatoms. The molecule has 1 saturated heterocycles. The first-order valence-corrected chi connectivity index (χ1v) is 8.25. The number of piperidine rings is 1. The third kappa shape index (κ3) is 2.82. The summed E-state index contributed by atoms with van der Waals surface area (Å²) in [7, 11) is 0. The van der Waals surface area contributed by atoms with Crippen molar-refractivity contribution < 1.29 is 0 Å². The molecule has 2 N–H and O–H groups in total. The smallest absolute Gasteiger partial charge is 0.0380 e. The number of hydrogen-bond acceptors (Lipinski definition) is 2. The minimum Gasteiger partial charge on any atom is -0.371 e. The van der Waals surface area contributed by atoms with E-state index in [-0.39, 0.29) is 0 Å². The van der Waals surface area contributed by atoms with E-state index < -0.39 is 0 Å². The molecule has 2 fully saturated rings. The van der Waals surface area contributed by atoms with Gasteiger partial charge in [0.15, 0.2) is 0 Å². The monoisotopic (exact) mass is 322 g/mol. The Morgan fingerprint density at radius 2 is 1.74 bits per heavy atom. The maximum atomic E-state index is 5.77. The molecule has 1 saturated carbocycles. The summed E-state index contributed by atoms with van der Waals surface area (Å²) in [5.74, 6) is 0. The van der Waals surface area contributed by atoms with Crippen LogP contribution in [0.15, 0.2) is 22.7 Å². The van der Waals surface area contributed by atoms with Crippen molar-refractivity contribution in [3.63, 3.8) is 0 Å². The largest absolute Gasteiger partial charge is 0.371 e. The van der Waals surface area contributed by atoms with Crippen LogP contribution in [0.1, 0.15) is 44.1 Å². The van der Waals surface area contributed by atoms with Gasteiger partial charge in [-0.2, -0.15) is 0 Å².